The van der Waals surface area contributed by atoms with Gasteiger partial charge >= 0.3 is 6.01 Å². The van der Waals surface area contributed by atoms with Crippen molar-refractivity contribution >= 4 is 32.5 Å². The second-order valence-electron chi connectivity index (χ2n) is 8.57. The summed E-state index contributed by atoms with van der Waals surface area (Å²) >= 11 is 0. The summed E-state index contributed by atoms with van der Waals surface area (Å²) in [6.45, 7) is 6.30. The molecule has 2 aliphatic heterocycles. The van der Waals surface area contributed by atoms with Crippen molar-refractivity contribution in [3.8, 4) is 18.0 Å². The number of anilines is 1. The quantitative estimate of drug-likeness (QED) is 0.533. The fourth-order valence-corrected chi connectivity index (χ4v) is 5.81. The Morgan fingerprint density at radius 2 is 2.19 bits per heavy atom. The van der Waals surface area contributed by atoms with E-state index in [1.165, 1.54) is 11.4 Å². The van der Waals surface area contributed by atoms with Gasteiger partial charge in [-0.25, -0.2) is 8.42 Å². The third kappa shape index (κ3) is 4.06. The van der Waals surface area contributed by atoms with E-state index in [2.05, 4.69) is 32.8 Å². The molecule has 1 aromatic carbocycles. The van der Waals surface area contributed by atoms with Crippen LogP contribution in [-0.4, -0.2) is 65.7 Å². The summed E-state index contributed by atoms with van der Waals surface area (Å²) in [6.07, 6.45) is 4.31. The molecule has 0 amide bonds. The molecule has 0 radical (unpaired) electrons. The Labute approximate surface area is 208 Å². The first-order valence-electron chi connectivity index (χ1n) is 11.4. The number of allylic oxidation sites excluding steroid dienone is 1. The van der Waals surface area contributed by atoms with Gasteiger partial charge in [-0.05, 0) is 24.6 Å². The van der Waals surface area contributed by atoms with Gasteiger partial charge in [-0.2, -0.15) is 24.6 Å². The number of sulfonamides is 1. The van der Waals surface area contributed by atoms with Gasteiger partial charge in [0.1, 0.15) is 11.6 Å². The van der Waals surface area contributed by atoms with E-state index in [-0.39, 0.29) is 25.5 Å². The SMILES string of the molecule is C=CS(=O)(=O)N1CCN(c2nc(OC)nc3c2CC=C(c2c(C)ccc4[nH]ncc24)O3)CC1CC#N. The summed E-state index contributed by atoms with van der Waals surface area (Å²) in [7, 11) is -2.18. The number of nitrogens with zero attached hydrogens (tertiary/aromatic N) is 6. The molecule has 12 heteroatoms. The number of H-pyrrole nitrogens is 1. The summed E-state index contributed by atoms with van der Waals surface area (Å²) < 4.78 is 38.0. The Bertz CT molecular complexity index is 1520. The van der Waals surface area contributed by atoms with Gasteiger partial charge in [0, 0.05) is 42.4 Å². The number of aryl methyl sites for hydroxylation is 1. The van der Waals surface area contributed by atoms with E-state index in [4.69, 9.17) is 9.47 Å². The molecule has 0 saturated carbocycles. The first-order chi connectivity index (χ1) is 17.4. The van der Waals surface area contributed by atoms with Crippen LogP contribution in [0.25, 0.3) is 16.7 Å². The van der Waals surface area contributed by atoms with Crippen molar-refractivity contribution in [1.82, 2.24) is 24.5 Å². The van der Waals surface area contributed by atoms with Gasteiger partial charge in [0.2, 0.25) is 15.9 Å². The third-order valence-electron chi connectivity index (χ3n) is 6.48. The van der Waals surface area contributed by atoms with Gasteiger partial charge in [-0.3, -0.25) is 5.10 Å². The van der Waals surface area contributed by atoms with Gasteiger partial charge < -0.3 is 14.4 Å². The number of nitriles is 1. The molecule has 1 N–H and O–H groups in total. The summed E-state index contributed by atoms with van der Waals surface area (Å²) in [6, 6.07) is 5.68. The molecule has 3 aromatic rings. The molecular weight excluding hydrogens is 482 g/mol. The zero-order valence-corrected chi connectivity index (χ0v) is 20.7. The average Bonchev–Trinajstić information content (AvgIpc) is 3.36. The van der Waals surface area contributed by atoms with Gasteiger partial charge in [-0.1, -0.05) is 12.6 Å². The van der Waals surface area contributed by atoms with E-state index in [1.807, 2.05) is 30.0 Å². The minimum atomic E-state index is -3.66. The zero-order valence-electron chi connectivity index (χ0n) is 19.9. The molecular formula is C24H25N7O4S. The number of rotatable bonds is 6. The second-order valence-corrected chi connectivity index (χ2v) is 10.4. The van der Waals surface area contributed by atoms with Crippen LogP contribution >= 0.6 is 0 Å². The Morgan fingerprint density at radius 1 is 1.36 bits per heavy atom. The normalized spacial score (nSPS) is 18.2. The fourth-order valence-electron chi connectivity index (χ4n) is 4.73. The minimum absolute atomic E-state index is 0.0442. The molecule has 11 nitrogen and oxygen atoms in total. The molecule has 2 aromatic heterocycles. The standard InChI is InChI=1S/C24H25N7O4S/c1-4-36(32,33)31-12-11-30(14-16(31)9-10-25)22-17-6-8-20(35-23(17)28-24(27-22)34-3)21-15(2)5-7-19-18(21)13-26-29-19/h4-5,7-8,13,16H,1,6,9,11-12,14H2,2-3H3,(H,26,29). The first-order valence-corrected chi connectivity index (χ1v) is 12.9. The van der Waals surface area contributed by atoms with Crippen LogP contribution in [0.4, 0.5) is 5.82 Å². The predicted octanol–water partition coefficient (Wildman–Crippen LogP) is 2.52. The van der Waals surface area contributed by atoms with E-state index in [0.29, 0.717) is 30.4 Å². The van der Waals surface area contributed by atoms with Crippen molar-refractivity contribution in [3.63, 3.8) is 0 Å². The van der Waals surface area contributed by atoms with Gasteiger partial charge in [0.05, 0.1) is 42.9 Å². The zero-order chi connectivity index (χ0) is 25.4. The van der Waals surface area contributed by atoms with Crippen LogP contribution in [0.1, 0.15) is 23.1 Å². The van der Waals surface area contributed by atoms with Crippen molar-refractivity contribution in [1.29, 1.82) is 5.26 Å². The van der Waals surface area contributed by atoms with Gasteiger partial charge in [0.15, 0.2) is 0 Å². The van der Waals surface area contributed by atoms with E-state index in [9.17, 15) is 13.7 Å². The largest absolute Gasteiger partial charge is 0.467 e. The van der Waals surface area contributed by atoms with Crippen molar-refractivity contribution < 1.29 is 17.9 Å². The highest BCUT2D eigenvalue weighted by Crippen LogP contribution is 2.39. The van der Waals surface area contributed by atoms with Crippen molar-refractivity contribution in [2.75, 3.05) is 31.6 Å². The van der Waals surface area contributed by atoms with E-state index in [0.717, 1.165) is 33.0 Å². The van der Waals surface area contributed by atoms with Crippen LogP contribution in [-0.2, 0) is 16.4 Å². The maximum absolute atomic E-state index is 12.5. The smallest absolute Gasteiger partial charge is 0.321 e. The maximum Gasteiger partial charge on any atom is 0.321 e. The number of aromatic amines is 1. The van der Waals surface area contributed by atoms with Crippen molar-refractivity contribution in [2.24, 2.45) is 0 Å². The molecule has 0 bridgehead atoms. The Morgan fingerprint density at radius 3 is 2.94 bits per heavy atom. The lowest BCUT2D eigenvalue weighted by Crippen LogP contribution is -2.55. The highest BCUT2D eigenvalue weighted by atomic mass is 32.2. The molecule has 4 heterocycles. The molecule has 1 saturated heterocycles. The van der Waals surface area contributed by atoms with E-state index < -0.39 is 16.1 Å². The lowest BCUT2D eigenvalue weighted by molar-refractivity contribution is 0.293. The summed E-state index contributed by atoms with van der Waals surface area (Å²) in [5.74, 6) is 1.65. The summed E-state index contributed by atoms with van der Waals surface area (Å²) in [5.41, 5.74) is 3.65. The number of nitrogens with one attached hydrogen (secondary N) is 1. The van der Waals surface area contributed by atoms with Crippen LogP contribution in [0, 0.1) is 18.3 Å². The maximum atomic E-state index is 12.5. The number of ether oxygens (including phenoxy) is 2. The first kappa shape index (κ1) is 23.8. The highest BCUT2D eigenvalue weighted by molar-refractivity contribution is 7.92. The van der Waals surface area contributed by atoms with Gasteiger partial charge in [0.25, 0.3) is 0 Å². The number of piperazine rings is 1. The number of methoxy groups -OCH3 is 1. The molecule has 5 rings (SSSR count). The number of aromatic nitrogens is 4. The molecule has 0 spiro atoms. The number of hydrogen-bond acceptors (Lipinski definition) is 9. The average molecular weight is 508 g/mol. The Balaban J connectivity index is 1.51. The topological polar surface area (TPSA) is 137 Å². The Kier molecular flexibility index (Phi) is 6.11. The highest BCUT2D eigenvalue weighted by Gasteiger charge is 2.36. The monoisotopic (exact) mass is 507 g/mol. The lowest BCUT2D eigenvalue weighted by atomic mass is 9.99. The molecule has 0 aliphatic carbocycles. The van der Waals surface area contributed by atoms with Crippen molar-refractivity contribution in [3.05, 3.63) is 53.1 Å². The van der Waals surface area contributed by atoms with E-state index in [1.54, 1.807) is 6.20 Å². The third-order valence-corrected chi connectivity index (χ3v) is 8.03. The Hall–Kier alpha value is -3.95. The second kappa shape index (κ2) is 9.25. The predicted molar refractivity (Wildman–Crippen MR) is 134 cm³/mol. The molecule has 1 atom stereocenters. The fraction of sp³-hybridized carbons (Fsp3) is 0.333. The van der Waals surface area contributed by atoms with E-state index >= 15 is 0 Å². The molecule has 2 aliphatic rings. The summed E-state index contributed by atoms with van der Waals surface area (Å²) in [5, 5.41) is 18.3. The lowest BCUT2D eigenvalue weighted by Gasteiger charge is -2.40. The molecule has 186 valence electrons. The van der Waals surface area contributed by atoms with Gasteiger partial charge in [-0.15, -0.1) is 0 Å². The minimum Gasteiger partial charge on any atom is -0.467 e. The number of fused-ring (bicyclic) bond motifs is 2. The molecule has 36 heavy (non-hydrogen) atoms. The molecule has 1 fully saturated rings. The summed E-state index contributed by atoms with van der Waals surface area (Å²) in [4.78, 5) is 11.0. The van der Waals surface area contributed by atoms with Crippen LogP contribution in [0.3, 0.4) is 0 Å². The van der Waals surface area contributed by atoms with Crippen LogP contribution in [0.2, 0.25) is 0 Å². The van der Waals surface area contributed by atoms with Crippen LogP contribution < -0.4 is 14.4 Å². The van der Waals surface area contributed by atoms with Crippen LogP contribution in [0.15, 0.2) is 36.4 Å². The number of hydrogen-bond donors (Lipinski definition) is 1. The van der Waals surface area contributed by atoms with Crippen molar-refractivity contribution in [2.45, 2.75) is 25.8 Å². The van der Waals surface area contributed by atoms with Crippen LogP contribution in [0.5, 0.6) is 11.9 Å². The molecule has 1 unspecified atom stereocenters. The number of benzene rings is 1.